The molecule has 0 bridgehead atoms. The molecule has 7 heteroatoms. The SMILES string of the molecule is CCOC(=O)C1(N(C)C(=O)c2c(C)cc(B3OC(C)(C)C(C)(C)O3)cc2C)CC1. The predicted octanol–water partition coefficient (Wildman–Crippen LogP) is 2.77. The van der Waals surface area contributed by atoms with Gasteiger partial charge < -0.3 is 18.9 Å². The molecule has 2 fully saturated rings. The zero-order chi connectivity index (χ0) is 21.8. The Morgan fingerprint density at radius 1 is 1.07 bits per heavy atom. The molecule has 1 saturated heterocycles. The third kappa shape index (κ3) is 3.59. The van der Waals surface area contributed by atoms with E-state index in [1.165, 1.54) is 0 Å². The van der Waals surface area contributed by atoms with E-state index in [0.717, 1.165) is 16.6 Å². The van der Waals surface area contributed by atoms with Gasteiger partial charge in [0.25, 0.3) is 5.91 Å². The van der Waals surface area contributed by atoms with E-state index in [-0.39, 0.29) is 11.9 Å². The maximum absolute atomic E-state index is 13.3. The molecule has 0 atom stereocenters. The van der Waals surface area contributed by atoms with Crippen LogP contribution in [0.1, 0.15) is 68.9 Å². The first-order valence-electron chi connectivity index (χ1n) is 10.3. The molecule has 1 aromatic rings. The molecule has 1 saturated carbocycles. The molecule has 1 aromatic carbocycles. The van der Waals surface area contributed by atoms with Crippen LogP contribution >= 0.6 is 0 Å². The van der Waals surface area contributed by atoms with E-state index < -0.39 is 23.9 Å². The Hall–Kier alpha value is -1.86. The summed E-state index contributed by atoms with van der Waals surface area (Å²) >= 11 is 0. The van der Waals surface area contributed by atoms with E-state index in [1.807, 2.05) is 53.7 Å². The average molecular weight is 401 g/mol. The number of carbonyl (C=O) groups excluding carboxylic acids is 2. The summed E-state index contributed by atoms with van der Waals surface area (Å²) in [6.07, 6.45) is 1.27. The van der Waals surface area contributed by atoms with Gasteiger partial charge in [-0.3, -0.25) is 4.79 Å². The van der Waals surface area contributed by atoms with E-state index in [4.69, 9.17) is 14.0 Å². The van der Waals surface area contributed by atoms with Crippen molar-refractivity contribution >= 4 is 24.5 Å². The van der Waals surface area contributed by atoms with Crippen LogP contribution in [0.4, 0.5) is 0 Å². The fourth-order valence-corrected chi connectivity index (χ4v) is 3.87. The van der Waals surface area contributed by atoms with Crippen LogP contribution in [0.15, 0.2) is 12.1 Å². The maximum Gasteiger partial charge on any atom is 0.494 e. The zero-order valence-electron chi connectivity index (χ0n) is 18.8. The van der Waals surface area contributed by atoms with Gasteiger partial charge in [-0.25, -0.2) is 4.79 Å². The number of esters is 1. The first kappa shape index (κ1) is 21.8. The summed E-state index contributed by atoms with van der Waals surface area (Å²) in [7, 11) is 1.21. The van der Waals surface area contributed by atoms with Gasteiger partial charge >= 0.3 is 13.1 Å². The third-order valence-corrected chi connectivity index (χ3v) is 6.62. The number of amides is 1. The molecule has 0 radical (unpaired) electrons. The minimum atomic E-state index is -0.823. The van der Waals surface area contributed by atoms with Crippen molar-refractivity contribution in [3.05, 3.63) is 28.8 Å². The standard InChI is InChI=1S/C22H32BNO5/c1-9-27-19(26)22(10-11-22)24(8)18(25)17-14(2)12-16(13-15(17)3)23-28-20(4,5)21(6,7)29-23/h12-13H,9-11H2,1-8H3. The van der Waals surface area contributed by atoms with E-state index in [9.17, 15) is 9.59 Å². The predicted molar refractivity (Wildman–Crippen MR) is 112 cm³/mol. The van der Waals surface area contributed by atoms with Gasteiger partial charge in [0, 0.05) is 12.6 Å². The maximum atomic E-state index is 13.3. The number of hydrogen-bond donors (Lipinski definition) is 0. The minimum Gasteiger partial charge on any atom is -0.464 e. The van der Waals surface area contributed by atoms with Crippen molar-refractivity contribution in [2.75, 3.05) is 13.7 Å². The number of hydrogen-bond acceptors (Lipinski definition) is 5. The summed E-state index contributed by atoms with van der Waals surface area (Å²) in [5.41, 5.74) is 1.51. The van der Waals surface area contributed by atoms with E-state index >= 15 is 0 Å². The second kappa shape index (κ2) is 7.13. The van der Waals surface area contributed by atoms with Gasteiger partial charge in [-0.05, 0) is 77.9 Å². The van der Waals surface area contributed by atoms with Crippen LogP contribution in [0.5, 0.6) is 0 Å². The summed E-state index contributed by atoms with van der Waals surface area (Å²) in [6, 6.07) is 3.89. The molecule has 0 spiro atoms. The van der Waals surface area contributed by atoms with Crippen LogP contribution in [-0.4, -0.2) is 54.3 Å². The summed E-state index contributed by atoms with van der Waals surface area (Å²) in [5.74, 6) is -0.481. The Morgan fingerprint density at radius 2 is 1.55 bits per heavy atom. The van der Waals surface area contributed by atoms with Crippen molar-refractivity contribution in [1.29, 1.82) is 0 Å². The summed E-state index contributed by atoms with van der Waals surface area (Å²) in [4.78, 5) is 27.2. The highest BCUT2D eigenvalue weighted by atomic mass is 16.7. The minimum absolute atomic E-state index is 0.161. The Morgan fingerprint density at radius 3 is 1.97 bits per heavy atom. The lowest BCUT2D eigenvalue weighted by Crippen LogP contribution is -2.46. The monoisotopic (exact) mass is 401 g/mol. The van der Waals surface area contributed by atoms with Crippen LogP contribution in [0.3, 0.4) is 0 Å². The smallest absolute Gasteiger partial charge is 0.464 e. The first-order valence-corrected chi connectivity index (χ1v) is 10.3. The molecule has 1 heterocycles. The molecule has 6 nitrogen and oxygen atoms in total. The largest absolute Gasteiger partial charge is 0.494 e. The molecule has 3 rings (SSSR count). The lowest BCUT2D eigenvalue weighted by atomic mass is 9.76. The second-order valence-corrected chi connectivity index (χ2v) is 9.23. The lowest BCUT2D eigenvalue weighted by Gasteiger charge is -2.32. The first-order chi connectivity index (χ1) is 13.4. The molecule has 2 aliphatic rings. The summed E-state index contributed by atoms with van der Waals surface area (Å²) in [6.45, 7) is 14.0. The van der Waals surface area contributed by atoms with Gasteiger partial charge in [0.15, 0.2) is 0 Å². The number of rotatable bonds is 5. The van der Waals surface area contributed by atoms with E-state index in [1.54, 1.807) is 18.9 Å². The van der Waals surface area contributed by atoms with Gasteiger partial charge in [-0.1, -0.05) is 12.1 Å². The topological polar surface area (TPSA) is 65.1 Å². The van der Waals surface area contributed by atoms with Gasteiger partial charge in [0.2, 0.25) is 0 Å². The van der Waals surface area contributed by atoms with Gasteiger partial charge in [0.05, 0.1) is 17.8 Å². The highest BCUT2D eigenvalue weighted by molar-refractivity contribution is 6.62. The van der Waals surface area contributed by atoms with Crippen LogP contribution in [-0.2, 0) is 18.8 Å². The molecular formula is C22H32BNO5. The van der Waals surface area contributed by atoms with E-state index in [2.05, 4.69) is 0 Å². The van der Waals surface area contributed by atoms with Crippen LogP contribution in [0.25, 0.3) is 0 Å². The molecule has 0 N–H and O–H groups in total. The molecular weight excluding hydrogens is 369 g/mol. The highest BCUT2D eigenvalue weighted by Gasteiger charge is 2.57. The van der Waals surface area contributed by atoms with Crippen molar-refractivity contribution in [3.8, 4) is 0 Å². The number of ether oxygens (including phenoxy) is 1. The summed E-state index contributed by atoms with van der Waals surface area (Å²) in [5, 5.41) is 0. The Kier molecular flexibility index (Phi) is 5.37. The lowest BCUT2D eigenvalue weighted by molar-refractivity contribution is -0.149. The quantitative estimate of drug-likeness (QED) is 0.561. The van der Waals surface area contributed by atoms with Gasteiger partial charge in [-0.2, -0.15) is 0 Å². The number of likely N-dealkylation sites (N-methyl/N-ethyl adjacent to an activating group) is 1. The van der Waals surface area contributed by atoms with E-state index in [0.29, 0.717) is 25.0 Å². The van der Waals surface area contributed by atoms with Crippen LogP contribution in [0.2, 0.25) is 0 Å². The van der Waals surface area contributed by atoms with Gasteiger partial charge in [-0.15, -0.1) is 0 Å². The highest BCUT2D eigenvalue weighted by Crippen LogP contribution is 2.43. The Labute approximate surface area is 174 Å². The van der Waals surface area contributed by atoms with Crippen molar-refractivity contribution in [3.63, 3.8) is 0 Å². The third-order valence-electron chi connectivity index (χ3n) is 6.62. The van der Waals surface area contributed by atoms with Crippen molar-refractivity contribution in [2.24, 2.45) is 0 Å². The molecule has 1 aliphatic heterocycles. The fraction of sp³-hybridized carbons (Fsp3) is 0.636. The Balaban J connectivity index is 1.87. The number of carbonyl (C=O) groups is 2. The molecule has 0 unspecified atom stereocenters. The van der Waals surface area contributed by atoms with Crippen molar-refractivity contribution in [1.82, 2.24) is 4.90 Å². The van der Waals surface area contributed by atoms with Crippen molar-refractivity contribution < 1.29 is 23.6 Å². The number of benzene rings is 1. The Bertz CT molecular complexity index is 805. The summed E-state index contributed by atoms with van der Waals surface area (Å²) < 4.78 is 17.5. The normalized spacial score (nSPS) is 21.0. The van der Waals surface area contributed by atoms with Gasteiger partial charge in [0.1, 0.15) is 5.54 Å². The molecule has 1 amide bonds. The number of nitrogens with zero attached hydrogens (tertiary/aromatic N) is 1. The van der Waals surface area contributed by atoms with Crippen molar-refractivity contribution in [2.45, 2.75) is 78.0 Å². The average Bonchev–Trinajstić information content (AvgIpc) is 3.37. The molecule has 29 heavy (non-hydrogen) atoms. The fourth-order valence-electron chi connectivity index (χ4n) is 3.87. The zero-order valence-corrected chi connectivity index (χ0v) is 18.8. The molecule has 0 aromatic heterocycles. The van der Waals surface area contributed by atoms with Crippen LogP contribution < -0.4 is 5.46 Å². The van der Waals surface area contributed by atoms with Crippen LogP contribution in [0, 0.1) is 13.8 Å². The molecule has 158 valence electrons. The molecule has 1 aliphatic carbocycles. The second-order valence-electron chi connectivity index (χ2n) is 9.23. The number of aryl methyl sites for hydroxylation is 2.